The number of rotatable bonds is 21. The molecule has 5 unspecified atom stereocenters. The van der Waals surface area contributed by atoms with Gasteiger partial charge in [-0.25, -0.2) is 0 Å². The van der Waals surface area contributed by atoms with Gasteiger partial charge >= 0.3 is 280 Å². The van der Waals surface area contributed by atoms with Gasteiger partial charge in [-0.05, 0) is 0 Å². The van der Waals surface area contributed by atoms with E-state index in [4.69, 9.17) is 14.2 Å². The van der Waals surface area contributed by atoms with Gasteiger partial charge in [-0.1, -0.05) is 0 Å². The Balaban J connectivity index is 1.75. The summed E-state index contributed by atoms with van der Waals surface area (Å²) in [6.07, 6.45) is 15.3. The van der Waals surface area contributed by atoms with Crippen molar-refractivity contribution in [2.75, 3.05) is 38.6 Å². The molecule has 0 bridgehead atoms. The molecule has 0 aliphatic carbocycles. The van der Waals surface area contributed by atoms with Crippen molar-refractivity contribution < 1.29 is 28.6 Å². The summed E-state index contributed by atoms with van der Waals surface area (Å²) >= 11 is -2.03. The normalized spacial score (nSPS) is 23.5. The molecule has 2 heterocycles. The standard InChI is InChI=1S/C27H48As2O6S6/c1-33-25(30)13-7-4-10-22-16-19-36-28(39-22)37-20-17-23(11-5-8-14-26(31)34-2)40-29-38-21-18-24(41-29)12-6-9-15-27(32)35-3/h22-24H,4-21H2,1-3H3. The SMILES string of the molecule is COC(=O)CCCCC1CCS[As](SCCC(CCCCC(=O)OC)S[As]2SCCC(CCCCC(=O)OC)S2)S1. The summed E-state index contributed by atoms with van der Waals surface area (Å²) in [6.45, 7) is 0. The number of carbonyl (C=O) groups excluding carboxylic acids is 3. The first-order valence-corrected chi connectivity index (χ1v) is 33.8. The molecule has 238 valence electrons. The molecule has 0 spiro atoms. The molecule has 14 heteroatoms. The van der Waals surface area contributed by atoms with E-state index in [1.807, 2.05) is 0 Å². The summed E-state index contributed by atoms with van der Waals surface area (Å²) in [6, 6.07) is 0. The van der Waals surface area contributed by atoms with Gasteiger partial charge in [0.05, 0.1) is 0 Å². The van der Waals surface area contributed by atoms with E-state index in [9.17, 15) is 14.4 Å². The van der Waals surface area contributed by atoms with Gasteiger partial charge in [-0.3, -0.25) is 0 Å². The van der Waals surface area contributed by atoms with Crippen LogP contribution in [0.25, 0.3) is 0 Å². The zero-order chi connectivity index (χ0) is 29.7. The van der Waals surface area contributed by atoms with Crippen molar-refractivity contribution in [3.8, 4) is 0 Å². The Hall–Kier alpha value is 1.63. The Morgan fingerprint density at radius 1 is 0.707 bits per heavy atom. The summed E-state index contributed by atoms with van der Waals surface area (Å²) < 4.78 is 14.4. The van der Waals surface area contributed by atoms with E-state index in [0.29, 0.717) is 24.5 Å². The molecule has 0 N–H and O–H groups in total. The molecule has 0 saturated carbocycles. The fraction of sp³-hybridized carbons (Fsp3) is 0.889. The van der Waals surface area contributed by atoms with Crippen LogP contribution < -0.4 is 0 Å². The quantitative estimate of drug-likeness (QED) is 0.0491. The summed E-state index contributed by atoms with van der Waals surface area (Å²) in [4.78, 5) is 34.4. The number of carbonyl (C=O) groups is 3. The number of hydrogen-bond acceptors (Lipinski definition) is 12. The minimum atomic E-state index is -1.06. The van der Waals surface area contributed by atoms with Crippen LogP contribution in [0.2, 0.25) is 0 Å². The Labute approximate surface area is 277 Å². The number of methoxy groups -OCH3 is 3. The van der Waals surface area contributed by atoms with E-state index in [2.05, 4.69) is 60.1 Å². The van der Waals surface area contributed by atoms with Crippen LogP contribution in [0, 0.1) is 0 Å². The van der Waals surface area contributed by atoms with Gasteiger partial charge in [-0.15, -0.1) is 0 Å². The minimum absolute atomic E-state index is 0.0859. The molecule has 0 aromatic heterocycles. The number of hydrogen-bond donors (Lipinski definition) is 0. The van der Waals surface area contributed by atoms with E-state index in [0.717, 1.165) is 49.0 Å². The van der Waals surface area contributed by atoms with Gasteiger partial charge < -0.3 is 0 Å². The van der Waals surface area contributed by atoms with Crippen LogP contribution in [-0.4, -0.2) is 94.6 Å². The first-order valence-electron chi connectivity index (χ1n) is 14.6. The second-order valence-electron chi connectivity index (χ2n) is 9.96. The predicted molar refractivity (Wildman–Crippen MR) is 188 cm³/mol. The number of esters is 3. The molecule has 5 atom stereocenters. The Kier molecular flexibility index (Phi) is 23.5. The average Bonchev–Trinajstić information content (AvgIpc) is 2.99. The first-order chi connectivity index (χ1) is 19.9. The van der Waals surface area contributed by atoms with Crippen LogP contribution in [0.4, 0.5) is 0 Å². The molecule has 0 aromatic rings. The van der Waals surface area contributed by atoms with Crippen molar-refractivity contribution in [2.24, 2.45) is 0 Å². The molecule has 2 fully saturated rings. The zero-order valence-electron chi connectivity index (χ0n) is 24.8. The van der Waals surface area contributed by atoms with Crippen LogP contribution in [-0.2, 0) is 28.6 Å². The monoisotopic (exact) mass is 810 g/mol. The molecular formula is C27H48As2O6S6. The van der Waals surface area contributed by atoms with E-state index in [1.165, 1.54) is 77.1 Å². The third-order valence-electron chi connectivity index (χ3n) is 6.77. The van der Waals surface area contributed by atoms with Crippen molar-refractivity contribution >= 4 is 100 Å². The van der Waals surface area contributed by atoms with E-state index >= 15 is 0 Å². The van der Waals surface area contributed by atoms with Crippen LogP contribution in [0.3, 0.4) is 0 Å². The van der Waals surface area contributed by atoms with Crippen LogP contribution in [0.1, 0.15) is 96.3 Å². The Morgan fingerprint density at radius 2 is 1.20 bits per heavy atom. The molecule has 6 nitrogen and oxygen atoms in total. The number of unbranched alkanes of at least 4 members (excludes halogenated alkanes) is 3. The van der Waals surface area contributed by atoms with E-state index in [-0.39, 0.29) is 17.9 Å². The molecular weight excluding hydrogens is 763 g/mol. The molecule has 41 heavy (non-hydrogen) atoms. The molecule has 0 aromatic carbocycles. The maximum absolute atomic E-state index is 11.6. The summed E-state index contributed by atoms with van der Waals surface area (Å²) in [5.41, 5.74) is 0. The van der Waals surface area contributed by atoms with Crippen molar-refractivity contribution in [3.05, 3.63) is 0 Å². The fourth-order valence-electron chi connectivity index (χ4n) is 4.30. The summed E-state index contributed by atoms with van der Waals surface area (Å²) in [5.74, 6) is 3.58. The van der Waals surface area contributed by atoms with Crippen LogP contribution >= 0.6 is 60.1 Å². The van der Waals surface area contributed by atoms with Crippen molar-refractivity contribution in [1.82, 2.24) is 0 Å². The predicted octanol–water partition coefficient (Wildman–Crippen LogP) is 7.86. The second-order valence-corrected chi connectivity index (χ2v) is 43.9. The van der Waals surface area contributed by atoms with Crippen molar-refractivity contribution in [1.29, 1.82) is 0 Å². The molecule has 2 aliphatic rings. The first kappa shape index (κ1) is 38.8. The van der Waals surface area contributed by atoms with Crippen LogP contribution in [0.15, 0.2) is 0 Å². The van der Waals surface area contributed by atoms with Gasteiger partial charge in [0.25, 0.3) is 0 Å². The van der Waals surface area contributed by atoms with Crippen molar-refractivity contribution in [3.63, 3.8) is 0 Å². The van der Waals surface area contributed by atoms with Crippen LogP contribution in [0.5, 0.6) is 0 Å². The van der Waals surface area contributed by atoms with Gasteiger partial charge in [0, 0.05) is 0 Å². The van der Waals surface area contributed by atoms with E-state index in [1.54, 1.807) is 0 Å². The zero-order valence-corrected chi connectivity index (χ0v) is 33.4. The molecule has 0 amide bonds. The van der Waals surface area contributed by atoms with Crippen molar-refractivity contribution in [2.45, 2.75) is 112 Å². The molecule has 2 rings (SSSR count). The van der Waals surface area contributed by atoms with Gasteiger partial charge in [0.2, 0.25) is 0 Å². The van der Waals surface area contributed by atoms with Gasteiger partial charge in [-0.2, -0.15) is 0 Å². The molecule has 2 saturated heterocycles. The maximum atomic E-state index is 11.6. The third-order valence-corrected chi connectivity index (χ3v) is 45.7. The second kappa shape index (κ2) is 24.8. The number of ether oxygens (including phenoxy) is 3. The van der Waals surface area contributed by atoms with E-state index < -0.39 is 22.4 Å². The molecule has 2 aliphatic heterocycles. The van der Waals surface area contributed by atoms with Gasteiger partial charge in [0.1, 0.15) is 0 Å². The summed E-state index contributed by atoms with van der Waals surface area (Å²) in [7, 11) is 18.1. The Bertz CT molecular complexity index is 755. The fourth-order valence-corrected chi connectivity index (χ4v) is 48.7. The summed E-state index contributed by atoms with van der Waals surface area (Å²) in [5, 5.41) is 2.22. The van der Waals surface area contributed by atoms with Gasteiger partial charge in [0.15, 0.2) is 0 Å². The Morgan fingerprint density at radius 3 is 1.73 bits per heavy atom. The molecule has 0 radical (unpaired) electrons. The average molecular weight is 811 g/mol. The third kappa shape index (κ3) is 19.0. The topological polar surface area (TPSA) is 78.9 Å².